The van der Waals surface area contributed by atoms with E-state index in [0.717, 1.165) is 32.6 Å². The zero-order chi connectivity index (χ0) is 9.69. The standard InChI is InChI=1S/C8H16N2O2S/c1-9-4-3-8(5-9)6-10(7-8)13(2,11)12/h3-7H2,1-2H3. The molecule has 5 heteroatoms. The third-order valence-electron chi connectivity index (χ3n) is 3.12. The second-order valence-corrected chi connectivity index (χ2v) is 6.50. The number of rotatable bonds is 1. The molecule has 0 aromatic carbocycles. The largest absolute Gasteiger partial charge is 0.306 e. The lowest BCUT2D eigenvalue weighted by atomic mass is 9.81. The van der Waals surface area contributed by atoms with Crippen molar-refractivity contribution in [1.29, 1.82) is 0 Å². The van der Waals surface area contributed by atoms with Gasteiger partial charge in [0.1, 0.15) is 0 Å². The van der Waals surface area contributed by atoms with Crippen LogP contribution in [0.5, 0.6) is 0 Å². The summed E-state index contributed by atoms with van der Waals surface area (Å²) in [7, 11) is -0.837. The van der Waals surface area contributed by atoms with E-state index >= 15 is 0 Å². The van der Waals surface area contributed by atoms with Gasteiger partial charge in [0.05, 0.1) is 6.26 Å². The summed E-state index contributed by atoms with van der Waals surface area (Å²) in [5.74, 6) is 0. The summed E-state index contributed by atoms with van der Waals surface area (Å²) in [6, 6.07) is 0. The van der Waals surface area contributed by atoms with Crippen LogP contribution in [0, 0.1) is 5.41 Å². The molecule has 2 fully saturated rings. The lowest BCUT2D eigenvalue weighted by Gasteiger charge is -2.46. The van der Waals surface area contributed by atoms with Crippen molar-refractivity contribution in [3.63, 3.8) is 0 Å². The Kier molecular flexibility index (Phi) is 1.94. The average molecular weight is 204 g/mol. The molecule has 0 unspecified atom stereocenters. The molecule has 0 bridgehead atoms. The fourth-order valence-corrected chi connectivity index (χ4v) is 3.37. The smallest absolute Gasteiger partial charge is 0.211 e. The second kappa shape index (κ2) is 2.68. The minimum Gasteiger partial charge on any atom is -0.306 e. The van der Waals surface area contributed by atoms with Gasteiger partial charge in [-0.25, -0.2) is 12.7 Å². The highest BCUT2D eigenvalue weighted by atomic mass is 32.2. The van der Waals surface area contributed by atoms with Crippen LogP contribution in [0.3, 0.4) is 0 Å². The van der Waals surface area contributed by atoms with Gasteiger partial charge in [-0.3, -0.25) is 0 Å². The van der Waals surface area contributed by atoms with Gasteiger partial charge in [-0.05, 0) is 20.0 Å². The lowest BCUT2D eigenvalue weighted by Crippen LogP contribution is -2.58. The van der Waals surface area contributed by atoms with Crippen LogP contribution in [0.2, 0.25) is 0 Å². The number of hydrogen-bond donors (Lipinski definition) is 0. The minimum atomic E-state index is -2.93. The summed E-state index contributed by atoms with van der Waals surface area (Å²) >= 11 is 0. The maximum atomic E-state index is 11.1. The van der Waals surface area contributed by atoms with Crippen molar-refractivity contribution >= 4 is 10.0 Å². The molecule has 0 atom stereocenters. The van der Waals surface area contributed by atoms with Crippen LogP contribution < -0.4 is 0 Å². The van der Waals surface area contributed by atoms with E-state index in [1.807, 2.05) is 0 Å². The van der Waals surface area contributed by atoms with Crippen LogP contribution in [0.25, 0.3) is 0 Å². The average Bonchev–Trinajstić information content (AvgIpc) is 2.25. The van der Waals surface area contributed by atoms with Crippen molar-refractivity contribution in [1.82, 2.24) is 9.21 Å². The predicted octanol–water partition coefficient (Wildman–Crippen LogP) is -0.416. The Morgan fingerprint density at radius 2 is 1.85 bits per heavy atom. The normalized spacial score (nSPS) is 29.4. The zero-order valence-electron chi connectivity index (χ0n) is 8.15. The van der Waals surface area contributed by atoms with Gasteiger partial charge >= 0.3 is 0 Å². The Bertz CT molecular complexity index is 306. The number of sulfonamides is 1. The van der Waals surface area contributed by atoms with Gasteiger partial charge in [0.2, 0.25) is 10.0 Å². The SMILES string of the molecule is CN1CCC2(C1)CN(S(C)(=O)=O)C2. The zero-order valence-corrected chi connectivity index (χ0v) is 8.97. The topological polar surface area (TPSA) is 40.6 Å². The molecular weight excluding hydrogens is 188 g/mol. The molecule has 0 aromatic heterocycles. The van der Waals surface area contributed by atoms with Gasteiger partial charge < -0.3 is 4.90 Å². The van der Waals surface area contributed by atoms with Gasteiger partial charge in [0.15, 0.2) is 0 Å². The van der Waals surface area contributed by atoms with Gasteiger partial charge in [0, 0.05) is 25.0 Å². The minimum absolute atomic E-state index is 0.290. The van der Waals surface area contributed by atoms with E-state index in [2.05, 4.69) is 11.9 Å². The van der Waals surface area contributed by atoms with Gasteiger partial charge in [-0.1, -0.05) is 0 Å². The molecule has 2 aliphatic rings. The van der Waals surface area contributed by atoms with E-state index in [9.17, 15) is 8.42 Å². The van der Waals surface area contributed by atoms with Crippen molar-refractivity contribution in [3.05, 3.63) is 0 Å². The molecule has 4 nitrogen and oxygen atoms in total. The van der Waals surface area contributed by atoms with Crippen LogP contribution in [-0.4, -0.2) is 57.1 Å². The third kappa shape index (κ3) is 1.60. The van der Waals surface area contributed by atoms with E-state index in [1.165, 1.54) is 6.26 Å². The summed E-state index contributed by atoms with van der Waals surface area (Å²) in [6.07, 6.45) is 2.44. The summed E-state index contributed by atoms with van der Waals surface area (Å²) in [6.45, 7) is 3.63. The first-order chi connectivity index (χ1) is 5.91. The van der Waals surface area contributed by atoms with Crippen molar-refractivity contribution in [3.8, 4) is 0 Å². The molecule has 1 spiro atoms. The van der Waals surface area contributed by atoms with Crippen molar-refractivity contribution < 1.29 is 8.42 Å². The van der Waals surface area contributed by atoms with Crippen molar-refractivity contribution in [2.45, 2.75) is 6.42 Å². The van der Waals surface area contributed by atoms with E-state index in [0.29, 0.717) is 0 Å². The van der Waals surface area contributed by atoms with Crippen molar-refractivity contribution in [2.24, 2.45) is 5.41 Å². The highest BCUT2D eigenvalue weighted by Crippen LogP contribution is 2.39. The Hall–Kier alpha value is -0.130. The van der Waals surface area contributed by atoms with Crippen LogP contribution in [0.4, 0.5) is 0 Å². The highest BCUT2D eigenvalue weighted by Gasteiger charge is 2.49. The molecule has 2 saturated heterocycles. The third-order valence-corrected chi connectivity index (χ3v) is 4.32. The van der Waals surface area contributed by atoms with E-state index in [1.54, 1.807) is 4.31 Å². The molecule has 0 saturated carbocycles. The van der Waals surface area contributed by atoms with Crippen molar-refractivity contribution in [2.75, 3.05) is 39.5 Å². The first-order valence-electron chi connectivity index (χ1n) is 4.55. The number of hydrogen-bond acceptors (Lipinski definition) is 3. The van der Waals surface area contributed by atoms with E-state index in [4.69, 9.17) is 0 Å². The van der Waals surface area contributed by atoms with Gasteiger partial charge in [-0.2, -0.15) is 0 Å². The molecule has 0 radical (unpaired) electrons. The first kappa shape index (κ1) is 9.43. The fraction of sp³-hybridized carbons (Fsp3) is 1.00. The molecule has 13 heavy (non-hydrogen) atoms. The Morgan fingerprint density at radius 3 is 2.23 bits per heavy atom. The van der Waals surface area contributed by atoms with Crippen LogP contribution in [0.15, 0.2) is 0 Å². The first-order valence-corrected chi connectivity index (χ1v) is 6.40. The molecule has 2 rings (SSSR count). The molecule has 0 aliphatic carbocycles. The maximum Gasteiger partial charge on any atom is 0.211 e. The van der Waals surface area contributed by atoms with Crippen LogP contribution in [-0.2, 0) is 10.0 Å². The lowest BCUT2D eigenvalue weighted by molar-refractivity contribution is 0.0819. The number of nitrogens with zero attached hydrogens (tertiary/aromatic N) is 2. The molecule has 0 aromatic rings. The quantitative estimate of drug-likeness (QED) is 0.582. The maximum absolute atomic E-state index is 11.1. The van der Waals surface area contributed by atoms with E-state index < -0.39 is 10.0 Å². The summed E-state index contributed by atoms with van der Waals surface area (Å²) < 4.78 is 23.9. The van der Waals surface area contributed by atoms with Crippen LogP contribution >= 0.6 is 0 Å². The highest BCUT2D eigenvalue weighted by molar-refractivity contribution is 7.88. The summed E-state index contributed by atoms with van der Waals surface area (Å²) in [4.78, 5) is 2.28. The second-order valence-electron chi connectivity index (χ2n) is 4.52. The Balaban J connectivity index is 1.98. The monoisotopic (exact) mass is 204 g/mol. The molecule has 2 heterocycles. The molecular formula is C8H16N2O2S. The predicted molar refractivity (Wildman–Crippen MR) is 51.0 cm³/mol. The molecule has 2 aliphatic heterocycles. The van der Waals surface area contributed by atoms with Gasteiger partial charge in [-0.15, -0.1) is 0 Å². The van der Waals surface area contributed by atoms with Gasteiger partial charge in [0.25, 0.3) is 0 Å². The van der Waals surface area contributed by atoms with Crippen LogP contribution in [0.1, 0.15) is 6.42 Å². The number of likely N-dealkylation sites (tertiary alicyclic amines) is 1. The molecule has 0 amide bonds. The Morgan fingerprint density at radius 1 is 1.23 bits per heavy atom. The summed E-state index contributed by atoms with van der Waals surface area (Å²) in [5.41, 5.74) is 0.290. The molecule has 76 valence electrons. The summed E-state index contributed by atoms with van der Waals surface area (Å²) in [5, 5.41) is 0. The fourth-order valence-electron chi connectivity index (χ4n) is 2.35. The molecule has 0 N–H and O–H groups in total. The Labute approximate surface area is 79.6 Å². The van der Waals surface area contributed by atoms with E-state index in [-0.39, 0.29) is 5.41 Å².